The van der Waals surface area contributed by atoms with E-state index < -0.39 is 0 Å². The number of nitrogens with one attached hydrogen (secondary N) is 1. The molecule has 0 amide bonds. The molecule has 0 bridgehead atoms. The number of hydrogen-bond donors (Lipinski definition) is 1. The molecule has 0 saturated carbocycles. The van der Waals surface area contributed by atoms with Gasteiger partial charge in [-0.3, -0.25) is 0 Å². The van der Waals surface area contributed by atoms with E-state index in [1.165, 1.54) is 0 Å². The van der Waals surface area contributed by atoms with Crippen LogP contribution in [0.4, 0.5) is 0 Å². The van der Waals surface area contributed by atoms with Crippen molar-refractivity contribution in [1.29, 1.82) is 0 Å². The van der Waals surface area contributed by atoms with E-state index in [4.69, 9.17) is 4.74 Å². The molecule has 0 radical (unpaired) electrons. The van der Waals surface area contributed by atoms with Gasteiger partial charge in [0.05, 0.1) is 6.61 Å². The minimum absolute atomic E-state index is 0.648. The molecule has 0 aliphatic rings. The lowest BCUT2D eigenvalue weighted by molar-refractivity contribution is 0.321. The van der Waals surface area contributed by atoms with E-state index in [2.05, 4.69) is 15.5 Å². The van der Waals surface area contributed by atoms with Crippen LogP contribution in [0, 0.1) is 0 Å². The van der Waals surface area contributed by atoms with E-state index in [9.17, 15) is 0 Å². The number of nitrogens with zero attached hydrogens (tertiary/aromatic N) is 2. The van der Waals surface area contributed by atoms with Gasteiger partial charge in [-0.2, -0.15) is 0 Å². The summed E-state index contributed by atoms with van der Waals surface area (Å²) in [6.07, 6.45) is 2.92. The predicted octanol–water partition coefficient (Wildman–Crippen LogP) is 2.31. The molecule has 102 valence electrons. The van der Waals surface area contributed by atoms with Crippen LogP contribution in [0.5, 0.6) is 5.75 Å². The van der Waals surface area contributed by atoms with Crippen molar-refractivity contribution in [3.8, 4) is 5.75 Å². The molecule has 1 aromatic carbocycles. The van der Waals surface area contributed by atoms with E-state index in [1.807, 2.05) is 37.4 Å². The molecular weight excluding hydrogens is 258 g/mol. The van der Waals surface area contributed by atoms with Gasteiger partial charge >= 0.3 is 0 Å². The lowest BCUT2D eigenvalue weighted by atomic mass is 10.3. The quantitative estimate of drug-likeness (QED) is 0.752. The van der Waals surface area contributed by atoms with Crippen molar-refractivity contribution in [3.63, 3.8) is 0 Å². The number of aromatic nitrogens is 2. The topological polar surface area (TPSA) is 47.0 Å². The van der Waals surface area contributed by atoms with Crippen LogP contribution in [0.25, 0.3) is 0 Å². The fraction of sp³-hybridized carbons (Fsp3) is 0.429. The highest BCUT2D eigenvalue weighted by atomic mass is 32.1. The second-order valence-electron chi connectivity index (χ2n) is 4.21. The lowest BCUT2D eigenvalue weighted by Gasteiger charge is -2.03. The van der Waals surface area contributed by atoms with Crippen molar-refractivity contribution in [2.24, 2.45) is 0 Å². The Morgan fingerprint density at radius 3 is 2.58 bits per heavy atom. The SMILES string of the molecule is CNCCCc1nnc(CCOc2ccccc2)s1. The summed E-state index contributed by atoms with van der Waals surface area (Å²) in [4.78, 5) is 0. The Kier molecular flexibility index (Phi) is 5.78. The van der Waals surface area contributed by atoms with Crippen molar-refractivity contribution in [1.82, 2.24) is 15.5 Å². The van der Waals surface area contributed by atoms with Crippen molar-refractivity contribution in [3.05, 3.63) is 40.3 Å². The van der Waals surface area contributed by atoms with Gasteiger partial charge in [0, 0.05) is 12.8 Å². The van der Waals surface area contributed by atoms with Gasteiger partial charge in [0.1, 0.15) is 15.8 Å². The van der Waals surface area contributed by atoms with Gasteiger partial charge in [0.25, 0.3) is 0 Å². The molecule has 5 heteroatoms. The van der Waals surface area contributed by atoms with Gasteiger partial charge in [0.2, 0.25) is 0 Å². The molecule has 2 aromatic rings. The summed E-state index contributed by atoms with van der Waals surface area (Å²) in [6.45, 7) is 1.67. The zero-order chi connectivity index (χ0) is 13.3. The van der Waals surface area contributed by atoms with Crippen LogP contribution >= 0.6 is 11.3 Å². The van der Waals surface area contributed by atoms with Gasteiger partial charge < -0.3 is 10.1 Å². The lowest BCUT2D eigenvalue weighted by Crippen LogP contribution is -2.08. The van der Waals surface area contributed by atoms with Crippen LogP contribution < -0.4 is 10.1 Å². The summed E-state index contributed by atoms with van der Waals surface area (Å²) >= 11 is 1.69. The van der Waals surface area contributed by atoms with Crippen LogP contribution in [0.1, 0.15) is 16.4 Å². The zero-order valence-electron chi connectivity index (χ0n) is 11.1. The van der Waals surface area contributed by atoms with E-state index >= 15 is 0 Å². The summed E-state index contributed by atoms with van der Waals surface area (Å²) in [7, 11) is 1.96. The molecule has 0 aliphatic heterocycles. The summed E-state index contributed by atoms with van der Waals surface area (Å²) < 4.78 is 5.65. The molecule has 4 nitrogen and oxygen atoms in total. The summed E-state index contributed by atoms with van der Waals surface area (Å²) in [5, 5.41) is 13.7. The van der Waals surface area contributed by atoms with Crippen molar-refractivity contribution < 1.29 is 4.74 Å². The minimum atomic E-state index is 0.648. The molecule has 0 unspecified atom stereocenters. The first-order valence-electron chi connectivity index (χ1n) is 6.52. The average molecular weight is 277 g/mol. The Hall–Kier alpha value is -1.46. The number of para-hydroxylation sites is 1. The Bertz CT molecular complexity index is 473. The van der Waals surface area contributed by atoms with Crippen LogP contribution in [-0.2, 0) is 12.8 Å². The van der Waals surface area contributed by atoms with Crippen molar-refractivity contribution >= 4 is 11.3 Å². The fourth-order valence-corrected chi connectivity index (χ4v) is 2.55. The highest BCUT2D eigenvalue weighted by Crippen LogP contribution is 2.13. The predicted molar refractivity (Wildman–Crippen MR) is 77.8 cm³/mol. The first-order valence-corrected chi connectivity index (χ1v) is 7.34. The zero-order valence-corrected chi connectivity index (χ0v) is 11.9. The second-order valence-corrected chi connectivity index (χ2v) is 5.35. The van der Waals surface area contributed by atoms with Crippen molar-refractivity contribution in [2.75, 3.05) is 20.2 Å². The highest BCUT2D eigenvalue weighted by Gasteiger charge is 2.04. The molecule has 1 aromatic heterocycles. The van der Waals surface area contributed by atoms with Gasteiger partial charge in [0.15, 0.2) is 0 Å². The molecule has 1 N–H and O–H groups in total. The first kappa shape index (κ1) is 14.0. The molecule has 19 heavy (non-hydrogen) atoms. The van der Waals surface area contributed by atoms with Gasteiger partial charge in [-0.15, -0.1) is 21.5 Å². The molecule has 2 rings (SSSR count). The Labute approximate surface area is 117 Å². The normalized spacial score (nSPS) is 10.6. The molecule has 0 fully saturated rings. The summed E-state index contributed by atoms with van der Waals surface area (Å²) in [5.41, 5.74) is 0. The maximum Gasteiger partial charge on any atom is 0.120 e. The van der Waals surface area contributed by atoms with Crippen molar-refractivity contribution in [2.45, 2.75) is 19.3 Å². The largest absolute Gasteiger partial charge is 0.493 e. The third-order valence-corrected chi connectivity index (χ3v) is 3.70. The monoisotopic (exact) mass is 277 g/mol. The number of rotatable bonds is 8. The van der Waals surface area contributed by atoms with E-state index in [-0.39, 0.29) is 0 Å². The van der Waals surface area contributed by atoms with E-state index in [0.717, 1.165) is 41.6 Å². The van der Waals surface area contributed by atoms with Crippen LogP contribution in [0.3, 0.4) is 0 Å². The highest BCUT2D eigenvalue weighted by molar-refractivity contribution is 7.11. The number of benzene rings is 1. The third kappa shape index (κ3) is 4.96. The molecule has 1 heterocycles. The maximum atomic E-state index is 5.65. The van der Waals surface area contributed by atoms with Crippen LogP contribution in [-0.4, -0.2) is 30.4 Å². The fourth-order valence-electron chi connectivity index (χ4n) is 1.68. The van der Waals surface area contributed by atoms with Gasteiger partial charge in [-0.05, 0) is 32.1 Å². The smallest absolute Gasteiger partial charge is 0.120 e. The standard InChI is InChI=1S/C14H19N3OS/c1-15-10-5-8-13-16-17-14(19-13)9-11-18-12-6-3-2-4-7-12/h2-4,6-7,15H,5,8-11H2,1H3. The molecule has 0 aliphatic carbocycles. The first-order chi connectivity index (χ1) is 9.38. The van der Waals surface area contributed by atoms with E-state index in [0.29, 0.717) is 6.61 Å². The number of aryl methyl sites for hydroxylation is 1. The molecule has 0 saturated heterocycles. The summed E-state index contributed by atoms with van der Waals surface area (Å²) in [5.74, 6) is 0.904. The Balaban J connectivity index is 1.71. The maximum absolute atomic E-state index is 5.65. The molecule has 0 atom stereocenters. The Morgan fingerprint density at radius 2 is 1.84 bits per heavy atom. The number of hydrogen-bond acceptors (Lipinski definition) is 5. The Morgan fingerprint density at radius 1 is 1.11 bits per heavy atom. The average Bonchev–Trinajstić information content (AvgIpc) is 2.88. The summed E-state index contributed by atoms with van der Waals surface area (Å²) in [6, 6.07) is 9.85. The minimum Gasteiger partial charge on any atom is -0.493 e. The third-order valence-electron chi connectivity index (χ3n) is 2.65. The van der Waals surface area contributed by atoms with Crippen LogP contribution in [0.15, 0.2) is 30.3 Å². The molecule has 0 spiro atoms. The van der Waals surface area contributed by atoms with Gasteiger partial charge in [-0.1, -0.05) is 18.2 Å². The van der Waals surface area contributed by atoms with Crippen LogP contribution in [0.2, 0.25) is 0 Å². The second kappa shape index (κ2) is 7.86. The molecular formula is C14H19N3OS. The van der Waals surface area contributed by atoms with Gasteiger partial charge in [-0.25, -0.2) is 0 Å². The number of ether oxygens (including phenoxy) is 1. The van der Waals surface area contributed by atoms with E-state index in [1.54, 1.807) is 11.3 Å².